The van der Waals surface area contributed by atoms with Gasteiger partial charge in [0, 0.05) is 20.1 Å². The molecule has 0 amide bonds. The van der Waals surface area contributed by atoms with Crippen LogP contribution in [-0.4, -0.2) is 0 Å². The van der Waals surface area contributed by atoms with Crippen LogP contribution in [0.1, 0.15) is 0 Å². The monoisotopic (exact) mass is 334 g/mol. The van der Waals surface area contributed by atoms with Crippen molar-refractivity contribution in [1.29, 1.82) is 0 Å². The molecule has 0 aromatic rings. The summed E-state index contributed by atoms with van der Waals surface area (Å²) < 4.78 is 0. The fraction of sp³-hybridized carbons (Fsp3) is 0. The van der Waals surface area contributed by atoms with Crippen molar-refractivity contribution in [3.63, 3.8) is 0 Å². The molecule has 0 saturated heterocycles. The van der Waals surface area contributed by atoms with Gasteiger partial charge < -0.3 is 50.9 Å². The van der Waals surface area contributed by atoms with Gasteiger partial charge in [0.25, 0.3) is 0 Å². The van der Waals surface area contributed by atoms with Crippen molar-refractivity contribution < 1.29 is 71.0 Å². The molecule has 0 aliphatic rings. The number of halogens is 3. The quantitative estimate of drug-likeness (QED) is 0.412. The Morgan fingerprint density at radius 3 is 0.500 bits per heavy atom. The third-order valence-electron chi connectivity index (χ3n) is 0. The molecule has 0 rings (SSSR count). The van der Waals surface area contributed by atoms with Crippen LogP contribution in [0.25, 0.3) is 0 Å². The van der Waals surface area contributed by atoms with E-state index in [1.54, 1.807) is 0 Å². The normalized spacial score (nSPS) is 0. The molecule has 0 saturated carbocycles. The molecule has 0 aliphatic heterocycles. The van der Waals surface area contributed by atoms with Gasteiger partial charge in [-0.1, -0.05) is 0 Å². The van der Waals surface area contributed by atoms with Gasteiger partial charge in [0.15, 0.2) is 0 Å². The Morgan fingerprint density at radius 1 is 0.500 bits per heavy atom. The van der Waals surface area contributed by atoms with E-state index in [2.05, 4.69) is 0 Å². The Kier molecular flexibility index (Phi) is 176. The summed E-state index contributed by atoms with van der Waals surface area (Å²) in [6.45, 7) is 0. The first-order chi connectivity index (χ1) is 0. The van der Waals surface area contributed by atoms with Crippen molar-refractivity contribution in [2.75, 3.05) is 0 Å². The molecule has 0 aromatic carbocycles. The van der Waals surface area contributed by atoms with E-state index in [0.29, 0.717) is 0 Å². The van der Waals surface area contributed by atoms with Gasteiger partial charge in [0.1, 0.15) is 0 Å². The molecule has 0 heterocycles. The van der Waals surface area contributed by atoms with E-state index in [9.17, 15) is 0 Å². The van der Waals surface area contributed by atoms with Crippen LogP contribution in [0.2, 0.25) is 0 Å². The smallest absolute Gasteiger partial charge is 0 e. The van der Waals surface area contributed by atoms with Gasteiger partial charge in [0.05, 0.1) is 0 Å². The van der Waals surface area contributed by atoms with Crippen LogP contribution in [0.3, 0.4) is 0 Å². The summed E-state index contributed by atoms with van der Waals surface area (Å²) >= 11 is 0. The average Bonchev–Trinajstić information content (AvgIpc) is 0. The van der Waals surface area contributed by atoms with Gasteiger partial charge in [0.2, 0.25) is 0 Å². The van der Waals surface area contributed by atoms with E-state index >= 15 is 0 Å². The third kappa shape index (κ3) is 8.94. The van der Waals surface area contributed by atoms with Gasteiger partial charge >= 0.3 is 0 Å². The molecule has 0 aliphatic carbocycles. The van der Waals surface area contributed by atoms with Crippen LogP contribution in [0.4, 0.5) is 0 Å². The van der Waals surface area contributed by atoms with Gasteiger partial charge in [-0.3, -0.25) is 0 Å². The molecule has 4 heavy (non-hydrogen) atoms. The molecule has 0 spiro atoms. The summed E-state index contributed by atoms with van der Waals surface area (Å²) in [7, 11) is 0. The molecule has 0 bridgehead atoms. The Hall–Kier alpha value is 2.09. The Labute approximate surface area is 70.4 Å². The van der Waals surface area contributed by atoms with Gasteiger partial charge in [-0.2, -0.15) is 0 Å². The molecule has 4 heteroatoms. The largest absolute Gasteiger partial charge is 1.00 e. The molecule has 31 valence electrons. The third-order valence-corrected chi connectivity index (χ3v) is 0. The second-order valence-corrected chi connectivity index (χ2v) is 0. The van der Waals surface area contributed by atoms with E-state index in [1.165, 1.54) is 0 Å². The van der Waals surface area contributed by atoms with E-state index in [1.807, 2.05) is 0 Å². The summed E-state index contributed by atoms with van der Waals surface area (Å²) in [5, 5.41) is 0. The van der Waals surface area contributed by atoms with Gasteiger partial charge in [-0.15, -0.1) is 0 Å². The van der Waals surface area contributed by atoms with Crippen molar-refractivity contribution in [3.05, 3.63) is 0 Å². The summed E-state index contributed by atoms with van der Waals surface area (Å²) in [4.78, 5) is 0. The fourth-order valence-electron chi connectivity index (χ4n) is 0. The minimum absolute atomic E-state index is 0. The Bertz CT molecular complexity index is 3.25. The van der Waals surface area contributed by atoms with E-state index in [0.717, 1.165) is 0 Å². The molecule has 1 radical (unpaired) electrons. The summed E-state index contributed by atoms with van der Waals surface area (Å²) in [6, 6.07) is 0. The van der Waals surface area contributed by atoms with Crippen LogP contribution in [0.5, 0.6) is 0 Å². The predicted molar refractivity (Wildman–Crippen MR) is 0 cm³/mol. The van der Waals surface area contributed by atoms with E-state index < -0.39 is 0 Å². The first-order valence-electron chi connectivity index (χ1n) is 0. The predicted octanol–water partition coefficient (Wildman–Crippen LogP) is -8.99. The fourth-order valence-corrected chi connectivity index (χ4v) is 0. The number of rotatable bonds is 0. The molecular formula is Br3Tc-3. The molecule has 0 unspecified atom stereocenters. The number of hydrogen-bond donors (Lipinski definition) is 0. The maximum atomic E-state index is 0. The van der Waals surface area contributed by atoms with Crippen molar-refractivity contribution in [3.8, 4) is 0 Å². The zero-order valence-electron chi connectivity index (χ0n) is 1.51. The average molecular weight is 338 g/mol. The summed E-state index contributed by atoms with van der Waals surface area (Å²) in [5.74, 6) is 0. The molecule has 0 N–H and O–H groups in total. The van der Waals surface area contributed by atoms with Crippen LogP contribution in [-0.2, 0) is 20.1 Å². The molecular weight excluding hydrogens is 338 g/mol. The van der Waals surface area contributed by atoms with Crippen molar-refractivity contribution >= 4 is 0 Å². The van der Waals surface area contributed by atoms with Crippen molar-refractivity contribution in [1.82, 2.24) is 0 Å². The van der Waals surface area contributed by atoms with Crippen LogP contribution in [0.15, 0.2) is 0 Å². The van der Waals surface area contributed by atoms with Crippen LogP contribution < -0.4 is 50.9 Å². The first kappa shape index (κ1) is 36.1. The van der Waals surface area contributed by atoms with Gasteiger partial charge in [-0.25, -0.2) is 0 Å². The van der Waals surface area contributed by atoms with Crippen molar-refractivity contribution in [2.45, 2.75) is 0 Å². The minimum atomic E-state index is 0. The first-order valence-corrected chi connectivity index (χ1v) is 0. The number of hydrogen-bond acceptors (Lipinski definition) is 0. The second-order valence-electron chi connectivity index (χ2n) is 0. The second kappa shape index (κ2) is 19.5. The molecule has 0 atom stereocenters. The summed E-state index contributed by atoms with van der Waals surface area (Å²) in [6.07, 6.45) is 0. The standard InChI is InChI=1S/3BrH.Tc/h3*1H;/p-3. The SMILES string of the molecule is [Br-].[Br-].[Br-].[Tc]. The van der Waals surface area contributed by atoms with Crippen LogP contribution >= 0.6 is 0 Å². The van der Waals surface area contributed by atoms with E-state index in [4.69, 9.17) is 0 Å². The Balaban J connectivity index is 0. The molecule has 0 fully saturated rings. The summed E-state index contributed by atoms with van der Waals surface area (Å²) in [5.41, 5.74) is 0. The van der Waals surface area contributed by atoms with Crippen molar-refractivity contribution in [2.24, 2.45) is 0 Å². The van der Waals surface area contributed by atoms with E-state index in [-0.39, 0.29) is 71.0 Å². The Morgan fingerprint density at radius 2 is 0.500 bits per heavy atom. The molecule has 0 aromatic heterocycles. The zero-order valence-corrected chi connectivity index (χ0v) is 8.13. The zero-order chi connectivity index (χ0) is 0. The van der Waals surface area contributed by atoms with Crippen LogP contribution in [0, 0.1) is 0 Å². The molecule has 0 nitrogen and oxygen atoms in total. The van der Waals surface area contributed by atoms with Gasteiger partial charge in [-0.05, 0) is 0 Å². The topological polar surface area (TPSA) is 0 Å². The maximum absolute atomic E-state index is 0. The maximum Gasteiger partial charge on any atom is 0 e. The minimum Gasteiger partial charge on any atom is -1.00 e.